The second-order valence-corrected chi connectivity index (χ2v) is 6.32. The molecule has 0 bridgehead atoms. The zero-order chi connectivity index (χ0) is 16.3. The van der Waals surface area contributed by atoms with Crippen LogP contribution in [-0.2, 0) is 11.3 Å². The molecule has 1 aliphatic rings. The van der Waals surface area contributed by atoms with E-state index in [4.69, 9.17) is 0 Å². The topological polar surface area (TPSA) is 78.6 Å². The Bertz CT molecular complexity index is 529. The number of aryl methyl sites for hydroxylation is 3. The molecule has 1 aromatic rings. The standard InChI is InChI=1S/C16H27N3O3/c1-4-16(22)7-9-18(11-14(16)20)15(21)6-5-8-19-13(3)10-12(2)17-19/h10,14,20,22H,4-9,11H2,1-3H3/t14-,16-/m1/s1. The Morgan fingerprint density at radius 2 is 2.23 bits per heavy atom. The molecule has 2 N–H and O–H groups in total. The van der Waals surface area contributed by atoms with Crippen molar-refractivity contribution in [2.75, 3.05) is 13.1 Å². The molecular weight excluding hydrogens is 282 g/mol. The number of β-amino-alcohol motifs (C(OH)–C–C–N with tert-alkyl or cyclic N) is 1. The van der Waals surface area contributed by atoms with Crippen LogP contribution in [0, 0.1) is 13.8 Å². The number of hydrogen-bond donors (Lipinski definition) is 2. The van der Waals surface area contributed by atoms with Gasteiger partial charge in [0.05, 0.1) is 11.3 Å². The molecule has 2 rings (SSSR count). The molecule has 6 heteroatoms. The van der Waals surface area contributed by atoms with Crippen molar-refractivity contribution in [3.63, 3.8) is 0 Å². The number of hydrogen-bond acceptors (Lipinski definition) is 4. The number of aliphatic hydroxyl groups is 2. The Balaban J connectivity index is 1.80. The number of nitrogens with zero attached hydrogens (tertiary/aromatic N) is 3. The van der Waals surface area contributed by atoms with Gasteiger partial charge in [-0.3, -0.25) is 9.48 Å². The third kappa shape index (κ3) is 3.67. The van der Waals surface area contributed by atoms with Crippen molar-refractivity contribution >= 4 is 5.91 Å². The summed E-state index contributed by atoms with van der Waals surface area (Å²) in [5, 5.41) is 24.6. The van der Waals surface area contributed by atoms with Crippen LogP contribution in [-0.4, -0.2) is 55.6 Å². The average Bonchev–Trinajstić information content (AvgIpc) is 2.80. The summed E-state index contributed by atoms with van der Waals surface area (Å²) in [6.45, 7) is 7.28. The molecule has 2 heterocycles. The maximum absolute atomic E-state index is 12.2. The van der Waals surface area contributed by atoms with Gasteiger partial charge in [0.2, 0.25) is 5.91 Å². The van der Waals surface area contributed by atoms with E-state index < -0.39 is 11.7 Å². The molecule has 6 nitrogen and oxygen atoms in total. The Labute approximate surface area is 131 Å². The molecule has 22 heavy (non-hydrogen) atoms. The van der Waals surface area contributed by atoms with E-state index in [1.807, 2.05) is 31.5 Å². The molecule has 1 aromatic heterocycles. The lowest BCUT2D eigenvalue weighted by Gasteiger charge is -2.41. The van der Waals surface area contributed by atoms with E-state index in [1.165, 1.54) is 0 Å². The van der Waals surface area contributed by atoms with Crippen LogP contribution in [0.1, 0.15) is 44.0 Å². The zero-order valence-corrected chi connectivity index (χ0v) is 13.7. The first kappa shape index (κ1) is 17.0. The van der Waals surface area contributed by atoms with Gasteiger partial charge in [0.25, 0.3) is 0 Å². The van der Waals surface area contributed by atoms with Crippen molar-refractivity contribution in [2.24, 2.45) is 0 Å². The minimum absolute atomic E-state index is 0.0405. The summed E-state index contributed by atoms with van der Waals surface area (Å²) < 4.78 is 1.92. The smallest absolute Gasteiger partial charge is 0.222 e. The summed E-state index contributed by atoms with van der Waals surface area (Å²) in [6, 6.07) is 2.02. The molecule has 0 radical (unpaired) electrons. The lowest BCUT2D eigenvalue weighted by Crippen LogP contribution is -2.56. The van der Waals surface area contributed by atoms with Gasteiger partial charge >= 0.3 is 0 Å². The summed E-state index contributed by atoms with van der Waals surface area (Å²) in [7, 11) is 0. The lowest BCUT2D eigenvalue weighted by molar-refractivity contribution is -0.150. The van der Waals surface area contributed by atoms with E-state index in [0.717, 1.165) is 24.4 Å². The monoisotopic (exact) mass is 309 g/mol. The summed E-state index contributed by atoms with van der Waals surface area (Å²) >= 11 is 0. The fraction of sp³-hybridized carbons (Fsp3) is 0.750. The van der Waals surface area contributed by atoms with Crippen molar-refractivity contribution < 1.29 is 15.0 Å². The number of piperidine rings is 1. The first-order valence-corrected chi connectivity index (χ1v) is 8.05. The van der Waals surface area contributed by atoms with Gasteiger partial charge in [0.15, 0.2) is 0 Å². The molecule has 1 saturated heterocycles. The van der Waals surface area contributed by atoms with Crippen molar-refractivity contribution in [1.29, 1.82) is 0 Å². The Kier molecular flexibility index (Phi) is 5.24. The average molecular weight is 309 g/mol. The van der Waals surface area contributed by atoms with Crippen LogP contribution in [0.2, 0.25) is 0 Å². The van der Waals surface area contributed by atoms with Gasteiger partial charge in [0, 0.05) is 31.7 Å². The molecule has 0 saturated carbocycles. The molecule has 1 amide bonds. The van der Waals surface area contributed by atoms with E-state index in [2.05, 4.69) is 5.10 Å². The summed E-state index contributed by atoms with van der Waals surface area (Å²) in [5.41, 5.74) is 1.05. The van der Waals surface area contributed by atoms with E-state index >= 15 is 0 Å². The minimum atomic E-state index is -1.04. The second kappa shape index (κ2) is 6.79. The zero-order valence-electron chi connectivity index (χ0n) is 13.7. The van der Waals surface area contributed by atoms with Crippen molar-refractivity contribution in [3.8, 4) is 0 Å². The van der Waals surface area contributed by atoms with Crippen LogP contribution in [0.5, 0.6) is 0 Å². The fourth-order valence-electron chi connectivity index (χ4n) is 3.04. The summed E-state index contributed by atoms with van der Waals surface area (Å²) in [4.78, 5) is 13.9. The maximum atomic E-state index is 12.2. The number of aromatic nitrogens is 2. The van der Waals surface area contributed by atoms with Gasteiger partial charge in [-0.2, -0.15) is 5.10 Å². The molecule has 0 unspecified atom stereocenters. The maximum Gasteiger partial charge on any atom is 0.222 e. The first-order valence-electron chi connectivity index (χ1n) is 8.05. The number of rotatable bonds is 5. The summed E-state index contributed by atoms with van der Waals surface area (Å²) in [5.74, 6) is 0.0405. The van der Waals surface area contributed by atoms with Crippen LogP contribution in [0.4, 0.5) is 0 Å². The van der Waals surface area contributed by atoms with E-state index in [-0.39, 0.29) is 12.5 Å². The molecule has 2 atom stereocenters. The Morgan fingerprint density at radius 3 is 2.77 bits per heavy atom. The summed E-state index contributed by atoms with van der Waals surface area (Å²) in [6.07, 6.45) is 1.26. The highest BCUT2D eigenvalue weighted by Gasteiger charge is 2.40. The molecule has 0 spiro atoms. The third-order valence-corrected chi connectivity index (χ3v) is 4.66. The Morgan fingerprint density at radius 1 is 1.50 bits per heavy atom. The van der Waals surface area contributed by atoms with Gasteiger partial charge in [-0.1, -0.05) is 6.92 Å². The highest BCUT2D eigenvalue weighted by Crippen LogP contribution is 2.26. The minimum Gasteiger partial charge on any atom is -0.388 e. The largest absolute Gasteiger partial charge is 0.388 e. The van der Waals surface area contributed by atoms with Gasteiger partial charge in [-0.05, 0) is 39.2 Å². The van der Waals surface area contributed by atoms with Gasteiger partial charge < -0.3 is 15.1 Å². The van der Waals surface area contributed by atoms with Gasteiger partial charge in [-0.25, -0.2) is 0 Å². The molecule has 124 valence electrons. The van der Waals surface area contributed by atoms with Crippen LogP contribution in [0.3, 0.4) is 0 Å². The number of carbonyl (C=O) groups is 1. The fourth-order valence-corrected chi connectivity index (χ4v) is 3.04. The van der Waals surface area contributed by atoms with Crippen LogP contribution in [0.15, 0.2) is 6.07 Å². The molecule has 1 fully saturated rings. The van der Waals surface area contributed by atoms with Crippen LogP contribution >= 0.6 is 0 Å². The Hall–Kier alpha value is -1.40. The molecular formula is C16H27N3O3. The number of aliphatic hydroxyl groups excluding tert-OH is 1. The van der Waals surface area contributed by atoms with Gasteiger partial charge in [0.1, 0.15) is 6.10 Å². The SMILES string of the molecule is CC[C@@]1(O)CCN(C(=O)CCCn2nc(C)cc2C)C[C@H]1O. The molecule has 0 aromatic carbocycles. The number of carbonyl (C=O) groups excluding carboxylic acids is 1. The highest BCUT2D eigenvalue weighted by molar-refractivity contribution is 5.76. The van der Waals surface area contributed by atoms with Crippen molar-refractivity contribution in [3.05, 3.63) is 17.5 Å². The van der Waals surface area contributed by atoms with Crippen molar-refractivity contribution in [2.45, 2.75) is 64.7 Å². The molecule has 0 aliphatic carbocycles. The normalized spacial score (nSPS) is 25.5. The van der Waals surface area contributed by atoms with Crippen LogP contribution < -0.4 is 0 Å². The number of likely N-dealkylation sites (tertiary alicyclic amines) is 1. The predicted octanol–water partition coefficient (Wildman–Crippen LogP) is 1.01. The third-order valence-electron chi connectivity index (χ3n) is 4.66. The quantitative estimate of drug-likeness (QED) is 0.851. The van der Waals surface area contributed by atoms with E-state index in [1.54, 1.807) is 4.90 Å². The van der Waals surface area contributed by atoms with Crippen molar-refractivity contribution in [1.82, 2.24) is 14.7 Å². The van der Waals surface area contributed by atoms with E-state index in [0.29, 0.717) is 25.8 Å². The highest BCUT2D eigenvalue weighted by atomic mass is 16.3. The van der Waals surface area contributed by atoms with Crippen LogP contribution in [0.25, 0.3) is 0 Å². The number of amides is 1. The second-order valence-electron chi connectivity index (χ2n) is 6.32. The molecule has 1 aliphatic heterocycles. The first-order chi connectivity index (χ1) is 10.4. The van der Waals surface area contributed by atoms with E-state index in [9.17, 15) is 15.0 Å². The lowest BCUT2D eigenvalue weighted by atomic mass is 9.86. The predicted molar refractivity (Wildman–Crippen MR) is 83.4 cm³/mol. The van der Waals surface area contributed by atoms with Gasteiger partial charge in [-0.15, -0.1) is 0 Å².